The van der Waals surface area contributed by atoms with E-state index in [0.29, 0.717) is 0 Å². The highest BCUT2D eigenvalue weighted by molar-refractivity contribution is 6.19. The summed E-state index contributed by atoms with van der Waals surface area (Å²) in [4.78, 5) is 24.1. The molecule has 2 aliphatic heterocycles. The molecule has 3 fully saturated rings. The maximum Gasteiger partial charge on any atom is 0.339 e. The fourth-order valence-electron chi connectivity index (χ4n) is 4.39. The number of ether oxygens (including phenoxy) is 1. The highest BCUT2D eigenvalue weighted by atomic mass is 35.5. The lowest BCUT2D eigenvalue weighted by Crippen LogP contribution is -2.77. The molecule has 6 heteroatoms. The van der Waals surface area contributed by atoms with Crippen LogP contribution in [0.5, 0.6) is 0 Å². The number of carbonyl (C=O) groups excluding carboxylic acids is 2. The zero-order valence-electron chi connectivity index (χ0n) is 10.8. The molecule has 0 bridgehead atoms. The van der Waals surface area contributed by atoms with Crippen LogP contribution in [0, 0.1) is 17.8 Å². The van der Waals surface area contributed by atoms with Crippen LogP contribution in [0.3, 0.4) is 0 Å². The first-order valence-corrected chi connectivity index (χ1v) is 7.59. The van der Waals surface area contributed by atoms with Crippen LogP contribution in [0.25, 0.3) is 0 Å². The van der Waals surface area contributed by atoms with Gasteiger partial charge in [-0.05, 0) is 19.3 Å². The third-order valence-corrected chi connectivity index (χ3v) is 5.75. The molecular formula is C14H16ClNO4. The third-order valence-electron chi connectivity index (χ3n) is 5.42. The second-order valence-electron chi connectivity index (χ2n) is 6.19. The summed E-state index contributed by atoms with van der Waals surface area (Å²) in [6, 6.07) is 0. The van der Waals surface area contributed by atoms with Gasteiger partial charge in [0.2, 0.25) is 11.4 Å². The van der Waals surface area contributed by atoms with Crippen LogP contribution >= 0.6 is 11.6 Å². The van der Waals surface area contributed by atoms with Crippen LogP contribution in [-0.2, 0) is 14.3 Å². The van der Waals surface area contributed by atoms with Crippen LogP contribution in [-0.4, -0.2) is 40.1 Å². The molecule has 0 aromatic heterocycles. The first-order chi connectivity index (χ1) is 9.59. The Kier molecular flexibility index (Phi) is 2.38. The van der Waals surface area contributed by atoms with Gasteiger partial charge in [-0.25, -0.2) is 4.79 Å². The Labute approximate surface area is 121 Å². The monoisotopic (exact) mass is 297 g/mol. The van der Waals surface area contributed by atoms with Crippen LogP contribution < -0.4 is 5.32 Å². The number of carbonyl (C=O) groups is 2. The summed E-state index contributed by atoms with van der Waals surface area (Å²) < 4.78 is 5.32. The summed E-state index contributed by atoms with van der Waals surface area (Å²) >= 11 is 5.89. The molecule has 0 radical (unpaired) electrons. The van der Waals surface area contributed by atoms with Gasteiger partial charge in [0.1, 0.15) is 0 Å². The number of halogens is 1. The maximum atomic E-state index is 12.1. The van der Waals surface area contributed by atoms with E-state index in [4.69, 9.17) is 16.3 Å². The number of alkyl halides is 1. The number of aliphatic hydroxyl groups is 1. The molecule has 2 aliphatic carbocycles. The molecule has 4 aliphatic rings. The molecule has 108 valence electrons. The van der Waals surface area contributed by atoms with Gasteiger partial charge in [0, 0.05) is 17.7 Å². The van der Waals surface area contributed by atoms with Gasteiger partial charge >= 0.3 is 5.97 Å². The Morgan fingerprint density at radius 1 is 1.55 bits per heavy atom. The second kappa shape index (κ2) is 3.77. The van der Waals surface area contributed by atoms with E-state index < -0.39 is 23.2 Å². The van der Waals surface area contributed by atoms with Crippen molar-refractivity contribution in [3.8, 4) is 0 Å². The Hall–Kier alpha value is -1.07. The number of amides is 1. The SMILES string of the molecule is O=C1N[C@@]2([C@@H](O)[C@@H]3C=CCCC3)C(=O)O[C@]23C(CCl)[C@@H]13. The number of piperidine rings is 1. The molecule has 4 rings (SSSR count). The minimum absolute atomic E-state index is 0.121. The Morgan fingerprint density at radius 2 is 2.35 bits per heavy atom. The number of nitrogens with one attached hydrogen (secondary N) is 1. The normalized spacial score (nSPS) is 49.6. The van der Waals surface area contributed by atoms with Crippen molar-refractivity contribution in [1.29, 1.82) is 0 Å². The van der Waals surface area contributed by atoms with Gasteiger partial charge < -0.3 is 15.2 Å². The maximum absolute atomic E-state index is 12.1. The van der Waals surface area contributed by atoms with E-state index in [2.05, 4.69) is 5.32 Å². The summed E-state index contributed by atoms with van der Waals surface area (Å²) in [6.07, 6.45) is 5.81. The second-order valence-corrected chi connectivity index (χ2v) is 6.49. The number of allylic oxidation sites excluding steroid dienone is 1. The van der Waals surface area contributed by atoms with E-state index in [9.17, 15) is 14.7 Å². The van der Waals surface area contributed by atoms with Crippen molar-refractivity contribution in [1.82, 2.24) is 5.32 Å². The zero-order chi connectivity index (χ0) is 14.1. The molecule has 5 nitrogen and oxygen atoms in total. The number of hydrogen-bond acceptors (Lipinski definition) is 4. The van der Waals surface area contributed by atoms with Crippen molar-refractivity contribution in [2.45, 2.75) is 36.5 Å². The summed E-state index contributed by atoms with van der Waals surface area (Å²) in [5.41, 5.74) is -2.17. The molecule has 20 heavy (non-hydrogen) atoms. The van der Waals surface area contributed by atoms with E-state index in [-0.39, 0.29) is 29.5 Å². The average Bonchev–Trinajstić information content (AvgIpc) is 3.10. The van der Waals surface area contributed by atoms with Crippen molar-refractivity contribution in [3.63, 3.8) is 0 Å². The number of aliphatic hydroxyl groups excluding tert-OH is 1. The predicted molar refractivity (Wildman–Crippen MR) is 69.9 cm³/mol. The predicted octanol–water partition coefficient (Wildman–Crippen LogP) is 0.353. The van der Waals surface area contributed by atoms with E-state index in [1.54, 1.807) is 0 Å². The van der Waals surface area contributed by atoms with E-state index in [0.717, 1.165) is 19.3 Å². The summed E-state index contributed by atoms with van der Waals surface area (Å²) in [5, 5.41) is 13.5. The smallest absolute Gasteiger partial charge is 0.339 e. The molecule has 0 aromatic rings. The number of rotatable bonds is 3. The topological polar surface area (TPSA) is 75.6 Å². The molecule has 0 aromatic carbocycles. The zero-order valence-corrected chi connectivity index (χ0v) is 11.6. The molecule has 6 atom stereocenters. The minimum Gasteiger partial charge on any atom is -0.453 e. The molecule has 2 saturated heterocycles. The van der Waals surface area contributed by atoms with Crippen molar-refractivity contribution < 1.29 is 19.4 Å². The first kappa shape index (κ1) is 12.7. The van der Waals surface area contributed by atoms with Crippen molar-refractivity contribution >= 4 is 23.5 Å². The number of hydrogen-bond donors (Lipinski definition) is 2. The van der Waals surface area contributed by atoms with Gasteiger partial charge in [0.05, 0.1) is 12.0 Å². The van der Waals surface area contributed by atoms with E-state index in [1.807, 2.05) is 12.2 Å². The Balaban J connectivity index is 1.71. The summed E-state index contributed by atoms with van der Waals surface area (Å²) in [6.45, 7) is 0. The quantitative estimate of drug-likeness (QED) is 0.448. The first-order valence-electron chi connectivity index (χ1n) is 7.05. The fraction of sp³-hybridized carbons (Fsp3) is 0.714. The molecule has 1 saturated carbocycles. The lowest BCUT2D eigenvalue weighted by molar-refractivity contribution is -0.217. The van der Waals surface area contributed by atoms with E-state index >= 15 is 0 Å². The Morgan fingerprint density at radius 3 is 2.90 bits per heavy atom. The largest absolute Gasteiger partial charge is 0.453 e. The van der Waals surface area contributed by atoms with Gasteiger partial charge in [0.25, 0.3) is 0 Å². The van der Waals surface area contributed by atoms with Crippen molar-refractivity contribution in [2.75, 3.05) is 5.88 Å². The van der Waals surface area contributed by atoms with Crippen molar-refractivity contribution in [2.24, 2.45) is 17.8 Å². The van der Waals surface area contributed by atoms with Crippen molar-refractivity contribution in [3.05, 3.63) is 12.2 Å². The van der Waals surface area contributed by atoms with Crippen LogP contribution in [0.15, 0.2) is 12.2 Å². The fourth-order valence-corrected chi connectivity index (χ4v) is 4.80. The van der Waals surface area contributed by atoms with Crippen LogP contribution in [0.2, 0.25) is 0 Å². The van der Waals surface area contributed by atoms with Gasteiger partial charge in [-0.3, -0.25) is 4.79 Å². The van der Waals surface area contributed by atoms with E-state index in [1.165, 1.54) is 0 Å². The summed E-state index contributed by atoms with van der Waals surface area (Å²) in [5.74, 6) is -1.16. The molecular weight excluding hydrogens is 282 g/mol. The molecule has 1 spiro atoms. The number of esters is 1. The molecule has 2 N–H and O–H groups in total. The summed E-state index contributed by atoms with van der Waals surface area (Å²) in [7, 11) is 0. The molecule has 1 unspecified atom stereocenters. The van der Waals surface area contributed by atoms with Crippen LogP contribution in [0.1, 0.15) is 19.3 Å². The van der Waals surface area contributed by atoms with Gasteiger partial charge in [0.15, 0.2) is 5.60 Å². The molecule has 1 amide bonds. The average molecular weight is 298 g/mol. The lowest BCUT2D eigenvalue weighted by Gasteiger charge is -2.50. The highest BCUT2D eigenvalue weighted by Gasteiger charge is 2.94. The molecule has 2 heterocycles. The van der Waals surface area contributed by atoms with Gasteiger partial charge in [-0.15, -0.1) is 11.6 Å². The Bertz CT molecular complexity index is 535. The van der Waals surface area contributed by atoms with Gasteiger partial charge in [-0.1, -0.05) is 12.2 Å². The highest BCUT2D eigenvalue weighted by Crippen LogP contribution is 2.70. The minimum atomic E-state index is -1.28. The van der Waals surface area contributed by atoms with Gasteiger partial charge in [-0.2, -0.15) is 0 Å². The van der Waals surface area contributed by atoms with Crippen LogP contribution in [0.4, 0.5) is 0 Å². The lowest BCUT2D eigenvalue weighted by atomic mass is 9.72. The standard InChI is InChI=1S/C14H16ClNO4/c15-6-8-9-11(18)16-13(12(19)20-14(8,9)13)10(17)7-4-2-1-3-5-7/h2,4,7-10,17H,1,3,5-6H2,(H,16,18)/t7-,8?,9+,10+,13+,14+/m1/s1. The third kappa shape index (κ3) is 1.12.